The van der Waals surface area contributed by atoms with Gasteiger partial charge in [0.25, 0.3) is 5.91 Å². The number of nitrogens with one attached hydrogen (secondary N) is 1. The topological polar surface area (TPSA) is 90.0 Å². The molecule has 0 aliphatic heterocycles. The van der Waals surface area contributed by atoms with Crippen molar-refractivity contribution < 1.29 is 9.59 Å². The first-order valence-electron chi connectivity index (χ1n) is 7.97. The molecule has 26 heavy (non-hydrogen) atoms. The van der Waals surface area contributed by atoms with Crippen LogP contribution in [0.25, 0.3) is 16.9 Å². The molecule has 7 heteroatoms. The Balaban J connectivity index is 2.05. The lowest BCUT2D eigenvalue weighted by Crippen LogP contribution is -2.42. The van der Waals surface area contributed by atoms with Gasteiger partial charge in [0.1, 0.15) is 11.7 Å². The highest BCUT2D eigenvalue weighted by molar-refractivity contribution is 6.30. The van der Waals surface area contributed by atoms with Crippen LogP contribution in [0.3, 0.4) is 0 Å². The third-order valence-corrected chi connectivity index (χ3v) is 4.11. The van der Waals surface area contributed by atoms with Crippen molar-refractivity contribution in [3.05, 3.63) is 71.4 Å². The van der Waals surface area contributed by atoms with Crippen LogP contribution >= 0.6 is 11.6 Å². The van der Waals surface area contributed by atoms with E-state index >= 15 is 0 Å². The number of rotatable bonds is 5. The summed E-state index contributed by atoms with van der Waals surface area (Å²) in [6.07, 6.45) is 0. The Labute approximate surface area is 155 Å². The number of nitrogens with zero attached hydrogens (tertiary/aromatic N) is 2. The van der Waals surface area contributed by atoms with E-state index in [1.165, 1.54) is 11.6 Å². The maximum Gasteiger partial charge on any atom is 0.270 e. The molecule has 3 aromatic rings. The number of hydrogen-bond acceptors (Lipinski definition) is 3. The fourth-order valence-corrected chi connectivity index (χ4v) is 2.54. The van der Waals surface area contributed by atoms with Crippen LogP contribution in [0, 0.1) is 0 Å². The van der Waals surface area contributed by atoms with Gasteiger partial charge in [-0.3, -0.25) is 9.59 Å². The van der Waals surface area contributed by atoms with Gasteiger partial charge >= 0.3 is 0 Å². The summed E-state index contributed by atoms with van der Waals surface area (Å²) in [6, 6.07) is 17.3. The molecule has 0 bridgehead atoms. The predicted octanol–water partition coefficient (Wildman–Crippen LogP) is 2.80. The second-order valence-electron chi connectivity index (χ2n) is 5.77. The monoisotopic (exact) mass is 368 g/mol. The average molecular weight is 369 g/mol. The number of hydrogen-bond donors (Lipinski definition) is 2. The molecule has 1 atom stereocenters. The Kier molecular flexibility index (Phi) is 5.04. The lowest BCUT2D eigenvalue weighted by molar-refractivity contribution is -0.119. The van der Waals surface area contributed by atoms with E-state index in [1.807, 2.05) is 42.5 Å². The molecule has 0 radical (unpaired) electrons. The minimum absolute atomic E-state index is 0.300. The van der Waals surface area contributed by atoms with Crippen LogP contribution in [0.5, 0.6) is 0 Å². The molecule has 3 N–H and O–H groups in total. The number of carbonyl (C=O) groups is 2. The molecule has 0 spiro atoms. The highest BCUT2D eigenvalue weighted by atomic mass is 35.5. The summed E-state index contributed by atoms with van der Waals surface area (Å²) in [4.78, 5) is 23.9. The van der Waals surface area contributed by atoms with Crippen LogP contribution in [-0.2, 0) is 4.79 Å². The minimum atomic E-state index is -0.791. The summed E-state index contributed by atoms with van der Waals surface area (Å²) in [6.45, 7) is 1.53. The van der Waals surface area contributed by atoms with Crippen LogP contribution in [0.1, 0.15) is 17.4 Å². The average Bonchev–Trinajstić information content (AvgIpc) is 3.08. The van der Waals surface area contributed by atoms with Crippen molar-refractivity contribution in [3.63, 3.8) is 0 Å². The molecule has 3 rings (SSSR count). The summed E-state index contributed by atoms with van der Waals surface area (Å²) >= 11 is 5.94. The highest BCUT2D eigenvalue weighted by Gasteiger charge is 2.20. The van der Waals surface area contributed by atoms with Crippen molar-refractivity contribution in [2.45, 2.75) is 13.0 Å². The van der Waals surface area contributed by atoms with E-state index < -0.39 is 17.9 Å². The summed E-state index contributed by atoms with van der Waals surface area (Å²) in [5, 5.41) is 7.75. The molecule has 0 aliphatic carbocycles. The molecular weight excluding hydrogens is 352 g/mol. The Hall–Kier alpha value is -3.12. The number of amides is 2. The second kappa shape index (κ2) is 7.41. The van der Waals surface area contributed by atoms with E-state index in [2.05, 4.69) is 10.4 Å². The number of nitrogens with two attached hydrogens (primary N) is 1. The first-order chi connectivity index (χ1) is 12.5. The molecule has 2 amide bonds. The zero-order chi connectivity index (χ0) is 18.7. The van der Waals surface area contributed by atoms with Crippen LogP contribution in [-0.4, -0.2) is 27.6 Å². The Morgan fingerprint density at radius 1 is 1.12 bits per heavy atom. The van der Waals surface area contributed by atoms with Gasteiger partial charge in [0.05, 0.1) is 11.4 Å². The van der Waals surface area contributed by atoms with Crippen LogP contribution < -0.4 is 11.1 Å². The molecule has 1 unspecified atom stereocenters. The Bertz CT molecular complexity index is 936. The van der Waals surface area contributed by atoms with Crippen LogP contribution in [0.4, 0.5) is 0 Å². The molecule has 1 heterocycles. The van der Waals surface area contributed by atoms with Gasteiger partial charge in [-0.05, 0) is 37.3 Å². The first kappa shape index (κ1) is 17.7. The van der Waals surface area contributed by atoms with Gasteiger partial charge < -0.3 is 11.1 Å². The van der Waals surface area contributed by atoms with Crippen molar-refractivity contribution in [2.24, 2.45) is 5.73 Å². The summed E-state index contributed by atoms with van der Waals surface area (Å²) in [5.74, 6) is -1.05. The lowest BCUT2D eigenvalue weighted by Gasteiger charge is -2.11. The molecule has 0 fully saturated rings. The fourth-order valence-electron chi connectivity index (χ4n) is 2.41. The Morgan fingerprint density at radius 2 is 1.77 bits per heavy atom. The van der Waals surface area contributed by atoms with E-state index in [4.69, 9.17) is 17.3 Å². The summed E-state index contributed by atoms with van der Waals surface area (Å²) in [5.41, 5.74) is 7.69. The summed E-state index contributed by atoms with van der Waals surface area (Å²) in [7, 11) is 0. The molecule has 132 valence electrons. The zero-order valence-electron chi connectivity index (χ0n) is 14.0. The predicted molar refractivity (Wildman–Crippen MR) is 100 cm³/mol. The fraction of sp³-hybridized carbons (Fsp3) is 0.105. The molecule has 1 aromatic heterocycles. The third-order valence-electron chi connectivity index (χ3n) is 3.86. The quantitative estimate of drug-likeness (QED) is 0.725. The van der Waals surface area contributed by atoms with Gasteiger partial charge in [0.2, 0.25) is 5.91 Å². The molecule has 0 aliphatic rings. The smallest absolute Gasteiger partial charge is 0.270 e. The second-order valence-corrected chi connectivity index (χ2v) is 6.20. The van der Waals surface area contributed by atoms with E-state index in [-0.39, 0.29) is 0 Å². The lowest BCUT2D eigenvalue weighted by atomic mass is 10.1. The normalized spacial score (nSPS) is 11.8. The molecule has 0 saturated carbocycles. The number of para-hydroxylation sites is 1. The zero-order valence-corrected chi connectivity index (χ0v) is 14.8. The number of carbonyl (C=O) groups excluding carboxylic acids is 2. The van der Waals surface area contributed by atoms with Crippen molar-refractivity contribution >= 4 is 23.4 Å². The standard InChI is InChI=1S/C19H17ClN4O2/c1-12(18(21)25)22-19(26)17-11-16(13-7-9-14(20)10-8-13)23-24(17)15-5-3-2-4-6-15/h2-12H,1H3,(H2,21,25)(H,22,26). The number of primary amides is 1. The highest BCUT2D eigenvalue weighted by Crippen LogP contribution is 2.23. The van der Waals surface area contributed by atoms with Crippen LogP contribution in [0.15, 0.2) is 60.7 Å². The third kappa shape index (κ3) is 3.75. The van der Waals surface area contributed by atoms with E-state index in [1.54, 1.807) is 18.2 Å². The van der Waals surface area contributed by atoms with Gasteiger partial charge in [0, 0.05) is 10.6 Å². The van der Waals surface area contributed by atoms with Crippen molar-refractivity contribution in [3.8, 4) is 16.9 Å². The van der Waals surface area contributed by atoms with Gasteiger partial charge in [-0.15, -0.1) is 0 Å². The van der Waals surface area contributed by atoms with Gasteiger partial charge in [-0.2, -0.15) is 5.10 Å². The largest absolute Gasteiger partial charge is 0.368 e. The van der Waals surface area contributed by atoms with Crippen molar-refractivity contribution in [2.75, 3.05) is 0 Å². The van der Waals surface area contributed by atoms with Gasteiger partial charge in [-0.1, -0.05) is 41.9 Å². The maximum absolute atomic E-state index is 12.7. The minimum Gasteiger partial charge on any atom is -0.368 e. The number of benzene rings is 2. The van der Waals surface area contributed by atoms with E-state index in [0.717, 1.165) is 11.3 Å². The van der Waals surface area contributed by atoms with Gasteiger partial charge in [-0.25, -0.2) is 4.68 Å². The van der Waals surface area contributed by atoms with E-state index in [9.17, 15) is 9.59 Å². The van der Waals surface area contributed by atoms with Gasteiger partial charge in [0.15, 0.2) is 0 Å². The van der Waals surface area contributed by atoms with Crippen molar-refractivity contribution in [1.82, 2.24) is 15.1 Å². The number of halogens is 1. The summed E-state index contributed by atoms with van der Waals surface area (Å²) < 4.78 is 1.53. The van der Waals surface area contributed by atoms with Crippen LogP contribution in [0.2, 0.25) is 5.02 Å². The Morgan fingerprint density at radius 3 is 2.38 bits per heavy atom. The molecule has 0 saturated heterocycles. The first-order valence-corrected chi connectivity index (χ1v) is 8.35. The van der Waals surface area contributed by atoms with E-state index in [0.29, 0.717) is 16.4 Å². The molecule has 2 aromatic carbocycles. The SMILES string of the molecule is CC(NC(=O)c1cc(-c2ccc(Cl)cc2)nn1-c1ccccc1)C(N)=O. The van der Waals surface area contributed by atoms with Crippen molar-refractivity contribution in [1.29, 1.82) is 0 Å². The molecular formula is C19H17ClN4O2. The molecule has 6 nitrogen and oxygen atoms in total. The maximum atomic E-state index is 12.7. The number of aromatic nitrogens is 2.